The van der Waals surface area contributed by atoms with E-state index in [1.165, 1.54) is 0 Å². The third kappa shape index (κ3) is 2.94. The summed E-state index contributed by atoms with van der Waals surface area (Å²) in [6.45, 7) is 3.95. The molecule has 2 atom stereocenters. The molecule has 1 aromatic heterocycles. The fraction of sp³-hybridized carbons (Fsp3) is 0.615. The van der Waals surface area contributed by atoms with Crippen LogP contribution in [-0.4, -0.2) is 52.8 Å². The highest BCUT2D eigenvalue weighted by Crippen LogP contribution is 2.18. The van der Waals surface area contributed by atoms with Gasteiger partial charge in [0.1, 0.15) is 5.69 Å². The number of aryl methyl sites for hydroxylation is 1. The molecule has 2 rings (SSSR count). The highest BCUT2D eigenvalue weighted by atomic mass is 35.5. The molecule has 1 amide bonds. The van der Waals surface area contributed by atoms with E-state index >= 15 is 0 Å². The molecular weight excluding hydrogens is 266 g/mol. The van der Waals surface area contributed by atoms with Crippen molar-refractivity contribution in [2.75, 3.05) is 20.1 Å². The summed E-state index contributed by atoms with van der Waals surface area (Å²) in [6.07, 6.45) is 2.19. The Labute approximate surface area is 118 Å². The Morgan fingerprint density at radius 3 is 2.95 bits per heavy atom. The number of β-amino-alcohol motifs (C(OH)–C–C–N with tert-alkyl or cyclic N) is 1. The summed E-state index contributed by atoms with van der Waals surface area (Å²) in [5.41, 5.74) is 0.577. The Kier molecular flexibility index (Phi) is 4.50. The summed E-state index contributed by atoms with van der Waals surface area (Å²) in [5.74, 6) is -0.104. The minimum atomic E-state index is -0.515. The highest BCUT2D eigenvalue weighted by molar-refractivity contribution is 6.31. The fourth-order valence-corrected chi connectivity index (χ4v) is 2.68. The molecule has 0 aromatic carbocycles. The second kappa shape index (κ2) is 5.94. The van der Waals surface area contributed by atoms with Gasteiger partial charge in [-0.25, -0.2) is 0 Å². The maximum Gasteiger partial charge on any atom is 0.270 e. The van der Waals surface area contributed by atoms with Crippen LogP contribution in [0.25, 0.3) is 0 Å². The summed E-state index contributed by atoms with van der Waals surface area (Å²) < 4.78 is 1.87. The number of amides is 1. The van der Waals surface area contributed by atoms with Gasteiger partial charge < -0.3 is 19.9 Å². The van der Waals surface area contributed by atoms with E-state index in [2.05, 4.69) is 12.2 Å². The molecule has 0 aliphatic carbocycles. The van der Waals surface area contributed by atoms with Crippen LogP contribution in [0.3, 0.4) is 0 Å². The van der Waals surface area contributed by atoms with E-state index < -0.39 is 6.10 Å². The van der Waals surface area contributed by atoms with Gasteiger partial charge in [-0.1, -0.05) is 18.5 Å². The van der Waals surface area contributed by atoms with Gasteiger partial charge in [0.05, 0.1) is 17.2 Å². The topological polar surface area (TPSA) is 57.5 Å². The lowest BCUT2D eigenvalue weighted by atomic mass is 10.2. The van der Waals surface area contributed by atoms with E-state index in [9.17, 15) is 9.90 Å². The molecule has 0 unspecified atom stereocenters. The van der Waals surface area contributed by atoms with Crippen LogP contribution >= 0.6 is 11.6 Å². The monoisotopic (exact) mass is 285 g/mol. The van der Waals surface area contributed by atoms with E-state index in [1.807, 2.05) is 4.57 Å². The van der Waals surface area contributed by atoms with Gasteiger partial charge in [-0.2, -0.15) is 0 Å². The molecular formula is C13H20ClN3O2. The zero-order valence-corrected chi connectivity index (χ0v) is 12.0. The lowest BCUT2D eigenvalue weighted by Gasteiger charge is -2.26. The Hall–Kier alpha value is -1.04. The SMILES string of the molecule is CCCn1cc(Cl)cc1C(=O)N(C)[C@@H]1CNC[C@H]1O. The Balaban J connectivity index is 2.18. The van der Waals surface area contributed by atoms with Crippen molar-refractivity contribution in [1.82, 2.24) is 14.8 Å². The zero-order valence-electron chi connectivity index (χ0n) is 11.3. The largest absolute Gasteiger partial charge is 0.390 e. The van der Waals surface area contributed by atoms with Crippen LogP contribution in [0.2, 0.25) is 5.02 Å². The van der Waals surface area contributed by atoms with Gasteiger partial charge in [-0.15, -0.1) is 0 Å². The summed E-state index contributed by atoms with van der Waals surface area (Å²) in [6, 6.07) is 1.50. The van der Waals surface area contributed by atoms with Crippen LogP contribution in [0.1, 0.15) is 23.8 Å². The van der Waals surface area contributed by atoms with Crippen molar-refractivity contribution in [1.29, 1.82) is 0 Å². The van der Waals surface area contributed by atoms with Crippen LogP contribution < -0.4 is 5.32 Å². The standard InChI is InChI=1S/C13H20ClN3O2/c1-3-4-17-8-9(14)5-10(17)13(19)16(2)11-6-15-7-12(11)18/h5,8,11-12,15,18H,3-4,6-7H2,1-2H3/t11-,12-/m1/s1. The van der Waals surface area contributed by atoms with Gasteiger partial charge in [0.15, 0.2) is 0 Å². The number of aliphatic hydroxyl groups excluding tert-OH is 1. The summed E-state index contributed by atoms with van der Waals surface area (Å²) in [4.78, 5) is 14.1. The van der Waals surface area contributed by atoms with E-state index in [-0.39, 0.29) is 11.9 Å². The van der Waals surface area contributed by atoms with Gasteiger partial charge in [-0.05, 0) is 12.5 Å². The first-order valence-corrected chi connectivity index (χ1v) is 6.94. The first kappa shape index (κ1) is 14.4. The molecule has 1 saturated heterocycles. The quantitative estimate of drug-likeness (QED) is 0.866. The number of halogens is 1. The zero-order chi connectivity index (χ0) is 14.0. The maximum atomic E-state index is 12.5. The molecule has 0 spiro atoms. The van der Waals surface area contributed by atoms with Crippen LogP contribution in [0.4, 0.5) is 0 Å². The predicted octanol–water partition coefficient (Wildman–Crippen LogP) is 0.956. The van der Waals surface area contributed by atoms with Crippen molar-refractivity contribution in [3.05, 3.63) is 23.0 Å². The summed E-state index contributed by atoms with van der Waals surface area (Å²) in [5, 5.41) is 13.5. The predicted molar refractivity (Wildman–Crippen MR) is 74.5 cm³/mol. The van der Waals surface area contributed by atoms with Crippen molar-refractivity contribution in [3.8, 4) is 0 Å². The van der Waals surface area contributed by atoms with Crippen LogP contribution in [-0.2, 0) is 6.54 Å². The number of hydrogen-bond donors (Lipinski definition) is 2. The Morgan fingerprint density at radius 1 is 1.63 bits per heavy atom. The van der Waals surface area contributed by atoms with Gasteiger partial charge in [0.2, 0.25) is 0 Å². The molecule has 0 bridgehead atoms. The molecule has 1 aromatic rings. The number of likely N-dealkylation sites (N-methyl/N-ethyl adjacent to an activating group) is 1. The van der Waals surface area contributed by atoms with Gasteiger partial charge in [0.25, 0.3) is 5.91 Å². The fourth-order valence-electron chi connectivity index (χ4n) is 2.46. The average Bonchev–Trinajstić information content (AvgIpc) is 2.94. The Bertz CT molecular complexity index is 461. The molecule has 1 aliphatic heterocycles. The second-order valence-corrected chi connectivity index (χ2v) is 5.38. The first-order valence-electron chi connectivity index (χ1n) is 6.56. The second-order valence-electron chi connectivity index (χ2n) is 4.95. The molecule has 5 nitrogen and oxygen atoms in total. The lowest BCUT2D eigenvalue weighted by Crippen LogP contribution is -2.44. The Morgan fingerprint density at radius 2 is 2.37 bits per heavy atom. The molecule has 0 saturated carbocycles. The van der Waals surface area contributed by atoms with E-state index in [0.29, 0.717) is 23.8 Å². The number of carbonyl (C=O) groups excluding carboxylic acids is 1. The minimum absolute atomic E-state index is 0.104. The lowest BCUT2D eigenvalue weighted by molar-refractivity contribution is 0.0571. The van der Waals surface area contributed by atoms with Gasteiger partial charge >= 0.3 is 0 Å². The van der Waals surface area contributed by atoms with Crippen molar-refractivity contribution < 1.29 is 9.90 Å². The number of nitrogens with zero attached hydrogens (tertiary/aromatic N) is 2. The van der Waals surface area contributed by atoms with Crippen LogP contribution in [0, 0.1) is 0 Å². The van der Waals surface area contributed by atoms with Crippen LogP contribution in [0.5, 0.6) is 0 Å². The molecule has 0 radical (unpaired) electrons. The summed E-state index contributed by atoms with van der Waals surface area (Å²) in [7, 11) is 1.72. The van der Waals surface area contributed by atoms with Gasteiger partial charge in [0, 0.05) is 32.9 Å². The normalized spacial score (nSPS) is 22.7. The number of nitrogens with one attached hydrogen (secondary N) is 1. The molecule has 1 fully saturated rings. The average molecular weight is 286 g/mol. The molecule has 19 heavy (non-hydrogen) atoms. The van der Waals surface area contributed by atoms with E-state index in [4.69, 9.17) is 11.6 Å². The smallest absolute Gasteiger partial charge is 0.270 e. The molecule has 2 N–H and O–H groups in total. The van der Waals surface area contributed by atoms with Crippen molar-refractivity contribution >= 4 is 17.5 Å². The number of hydrogen-bond acceptors (Lipinski definition) is 3. The van der Waals surface area contributed by atoms with Crippen molar-refractivity contribution in [3.63, 3.8) is 0 Å². The highest BCUT2D eigenvalue weighted by Gasteiger charge is 2.32. The molecule has 1 aliphatic rings. The number of rotatable bonds is 4. The third-order valence-corrected chi connectivity index (χ3v) is 3.72. The number of aromatic nitrogens is 1. The molecule has 2 heterocycles. The van der Waals surface area contributed by atoms with E-state index in [1.54, 1.807) is 24.2 Å². The minimum Gasteiger partial charge on any atom is -0.390 e. The van der Waals surface area contributed by atoms with Crippen molar-refractivity contribution in [2.45, 2.75) is 32.0 Å². The van der Waals surface area contributed by atoms with Gasteiger partial charge in [-0.3, -0.25) is 4.79 Å². The molecule has 106 valence electrons. The number of aliphatic hydroxyl groups is 1. The van der Waals surface area contributed by atoms with Crippen LogP contribution in [0.15, 0.2) is 12.3 Å². The van der Waals surface area contributed by atoms with E-state index in [0.717, 1.165) is 13.0 Å². The first-order chi connectivity index (χ1) is 9.04. The number of carbonyl (C=O) groups is 1. The maximum absolute atomic E-state index is 12.5. The molecule has 6 heteroatoms. The third-order valence-electron chi connectivity index (χ3n) is 3.52. The summed E-state index contributed by atoms with van der Waals surface area (Å²) >= 11 is 5.99. The van der Waals surface area contributed by atoms with Crippen molar-refractivity contribution in [2.24, 2.45) is 0 Å².